The van der Waals surface area contributed by atoms with Gasteiger partial charge in [-0.3, -0.25) is 4.79 Å². The van der Waals surface area contributed by atoms with E-state index < -0.39 is 21.5 Å². The molecule has 0 unspecified atom stereocenters. The first kappa shape index (κ1) is 21.6. The number of carbonyl (C=O) groups excluding carboxylic acids is 1. The minimum atomic E-state index is -3.74. The van der Waals surface area contributed by atoms with Gasteiger partial charge in [0.1, 0.15) is 17.3 Å². The van der Waals surface area contributed by atoms with Crippen molar-refractivity contribution < 1.29 is 22.4 Å². The summed E-state index contributed by atoms with van der Waals surface area (Å²) >= 11 is 0. The van der Waals surface area contributed by atoms with E-state index in [1.54, 1.807) is 38.3 Å². The summed E-state index contributed by atoms with van der Waals surface area (Å²) in [6.45, 7) is 5.40. The Hall–Kier alpha value is -3.13. The molecule has 2 aromatic carbocycles. The lowest BCUT2D eigenvalue weighted by Crippen LogP contribution is -2.24. The van der Waals surface area contributed by atoms with Crippen LogP contribution in [-0.2, 0) is 20.4 Å². The number of nitrogens with one attached hydrogen (secondary N) is 1. The zero-order valence-corrected chi connectivity index (χ0v) is 18.2. The highest BCUT2D eigenvalue weighted by molar-refractivity contribution is 7.91. The lowest BCUT2D eigenvalue weighted by atomic mass is 10.1. The molecule has 1 aromatic heterocycles. The van der Waals surface area contributed by atoms with Gasteiger partial charge in [-0.1, -0.05) is 18.2 Å². The molecule has 7 nitrogen and oxygen atoms in total. The maximum atomic E-state index is 12.6. The lowest BCUT2D eigenvalue weighted by Gasteiger charge is -2.09. The number of aromatic nitrogens is 1. The first-order chi connectivity index (χ1) is 14.2. The number of benzene rings is 2. The highest BCUT2D eigenvalue weighted by atomic mass is 32.2. The largest absolute Gasteiger partial charge is 0.497 e. The molecule has 0 bridgehead atoms. The average Bonchev–Trinajstić information content (AvgIpc) is 3.04. The summed E-state index contributed by atoms with van der Waals surface area (Å²) in [5.41, 5.74) is 3.40. The van der Waals surface area contributed by atoms with Crippen LogP contribution in [0.25, 0.3) is 11.5 Å². The molecule has 0 aliphatic rings. The van der Waals surface area contributed by atoms with Crippen LogP contribution in [0.3, 0.4) is 0 Å². The van der Waals surface area contributed by atoms with Crippen LogP contribution in [0.1, 0.15) is 22.6 Å². The fourth-order valence-electron chi connectivity index (χ4n) is 2.96. The highest BCUT2D eigenvalue weighted by Gasteiger charge is 2.22. The predicted octanol–water partition coefficient (Wildman–Crippen LogP) is 3.83. The third-order valence-electron chi connectivity index (χ3n) is 4.58. The van der Waals surface area contributed by atoms with Gasteiger partial charge in [0.15, 0.2) is 9.84 Å². The molecule has 158 valence electrons. The SMILES string of the molecule is COc1cccc(-c2nc(CS(=O)(=O)CC(=O)Nc3cc(C)ccc3C)c(C)o2)c1. The summed E-state index contributed by atoms with van der Waals surface area (Å²) in [4.78, 5) is 16.6. The van der Waals surface area contributed by atoms with Crippen molar-refractivity contribution in [2.75, 3.05) is 18.2 Å². The van der Waals surface area contributed by atoms with Crippen LogP contribution >= 0.6 is 0 Å². The number of sulfone groups is 1. The third kappa shape index (κ3) is 5.27. The lowest BCUT2D eigenvalue weighted by molar-refractivity contribution is -0.113. The van der Waals surface area contributed by atoms with Crippen molar-refractivity contribution in [3.63, 3.8) is 0 Å². The molecule has 0 atom stereocenters. The number of aryl methyl sites for hydroxylation is 3. The normalized spacial score (nSPS) is 11.3. The van der Waals surface area contributed by atoms with Crippen LogP contribution in [0.15, 0.2) is 46.9 Å². The van der Waals surface area contributed by atoms with E-state index in [-0.39, 0.29) is 11.4 Å². The smallest absolute Gasteiger partial charge is 0.239 e. The fraction of sp³-hybridized carbons (Fsp3) is 0.273. The number of carbonyl (C=O) groups is 1. The molecule has 30 heavy (non-hydrogen) atoms. The molecule has 1 heterocycles. The molecule has 0 spiro atoms. The van der Waals surface area contributed by atoms with E-state index in [1.165, 1.54) is 0 Å². The van der Waals surface area contributed by atoms with E-state index in [9.17, 15) is 13.2 Å². The number of ether oxygens (including phenoxy) is 1. The van der Waals surface area contributed by atoms with E-state index in [4.69, 9.17) is 9.15 Å². The van der Waals surface area contributed by atoms with Gasteiger partial charge >= 0.3 is 0 Å². The predicted molar refractivity (Wildman–Crippen MR) is 115 cm³/mol. The van der Waals surface area contributed by atoms with Crippen LogP contribution in [0.4, 0.5) is 5.69 Å². The average molecular weight is 429 g/mol. The van der Waals surface area contributed by atoms with E-state index in [2.05, 4.69) is 10.3 Å². The van der Waals surface area contributed by atoms with Crippen molar-refractivity contribution in [3.05, 3.63) is 65.0 Å². The Labute approximate surface area is 176 Å². The highest BCUT2D eigenvalue weighted by Crippen LogP contribution is 2.26. The number of amides is 1. The number of hydrogen-bond donors (Lipinski definition) is 1. The summed E-state index contributed by atoms with van der Waals surface area (Å²) in [7, 11) is -2.18. The van der Waals surface area contributed by atoms with Crippen LogP contribution in [0, 0.1) is 20.8 Å². The van der Waals surface area contributed by atoms with Gasteiger partial charge in [-0.05, 0) is 56.2 Å². The van der Waals surface area contributed by atoms with Gasteiger partial charge in [0.05, 0.1) is 18.6 Å². The first-order valence-electron chi connectivity index (χ1n) is 9.35. The summed E-state index contributed by atoms with van der Waals surface area (Å²) in [6, 6.07) is 12.7. The van der Waals surface area contributed by atoms with Crippen LogP contribution in [0.2, 0.25) is 0 Å². The van der Waals surface area contributed by atoms with Crippen molar-refractivity contribution in [1.82, 2.24) is 4.98 Å². The van der Waals surface area contributed by atoms with Crippen LogP contribution in [-0.4, -0.2) is 32.2 Å². The minimum Gasteiger partial charge on any atom is -0.497 e. The Kier molecular flexibility index (Phi) is 6.26. The Morgan fingerprint density at radius 2 is 1.90 bits per heavy atom. The summed E-state index contributed by atoms with van der Waals surface area (Å²) in [5, 5.41) is 2.68. The Bertz CT molecular complexity index is 1180. The Morgan fingerprint density at radius 1 is 1.13 bits per heavy atom. The summed E-state index contributed by atoms with van der Waals surface area (Å²) < 4.78 is 36.0. The Balaban J connectivity index is 1.73. The summed E-state index contributed by atoms with van der Waals surface area (Å²) in [5.74, 6) is -0.269. The minimum absolute atomic E-state index is 0.285. The monoisotopic (exact) mass is 428 g/mol. The zero-order chi connectivity index (χ0) is 21.9. The van der Waals surface area contributed by atoms with Crippen molar-refractivity contribution in [2.45, 2.75) is 26.5 Å². The van der Waals surface area contributed by atoms with Gasteiger partial charge in [0, 0.05) is 11.3 Å². The van der Waals surface area contributed by atoms with Crippen molar-refractivity contribution in [1.29, 1.82) is 0 Å². The van der Waals surface area contributed by atoms with Gasteiger partial charge in [0.2, 0.25) is 11.8 Å². The number of anilines is 1. The van der Waals surface area contributed by atoms with Crippen LogP contribution in [0.5, 0.6) is 5.75 Å². The topological polar surface area (TPSA) is 98.5 Å². The molecular formula is C22H24N2O5S. The second-order valence-electron chi connectivity index (χ2n) is 7.15. The van der Waals surface area contributed by atoms with E-state index in [0.29, 0.717) is 28.7 Å². The molecule has 0 aliphatic heterocycles. The van der Waals surface area contributed by atoms with Gasteiger partial charge in [-0.15, -0.1) is 0 Å². The number of methoxy groups -OCH3 is 1. The second kappa shape index (κ2) is 8.71. The molecule has 8 heteroatoms. The molecule has 3 rings (SSSR count). The molecule has 1 amide bonds. The van der Waals surface area contributed by atoms with Gasteiger partial charge < -0.3 is 14.5 Å². The quantitative estimate of drug-likeness (QED) is 0.614. The van der Waals surface area contributed by atoms with Crippen molar-refractivity contribution in [3.8, 4) is 17.2 Å². The molecule has 0 radical (unpaired) electrons. The fourth-order valence-corrected chi connectivity index (χ4v) is 4.22. The van der Waals surface area contributed by atoms with E-state index >= 15 is 0 Å². The maximum Gasteiger partial charge on any atom is 0.239 e. The molecular weight excluding hydrogens is 404 g/mol. The number of oxazole rings is 1. The van der Waals surface area contributed by atoms with Gasteiger partial charge in [-0.2, -0.15) is 0 Å². The summed E-state index contributed by atoms with van der Waals surface area (Å²) in [6.07, 6.45) is 0. The van der Waals surface area contributed by atoms with Crippen molar-refractivity contribution >= 4 is 21.4 Å². The molecule has 1 N–H and O–H groups in total. The number of hydrogen-bond acceptors (Lipinski definition) is 6. The molecule has 0 saturated heterocycles. The molecule has 0 aliphatic carbocycles. The standard InChI is InChI=1S/C22H24N2O5S/c1-14-8-9-15(2)19(10-14)23-21(25)13-30(26,27)12-20-16(3)29-22(24-20)17-6-5-7-18(11-17)28-4/h5-11H,12-13H2,1-4H3,(H,23,25). The van der Waals surface area contributed by atoms with E-state index in [1.807, 2.05) is 32.0 Å². The van der Waals surface area contributed by atoms with Gasteiger partial charge in [-0.25, -0.2) is 13.4 Å². The first-order valence-corrected chi connectivity index (χ1v) is 11.2. The Morgan fingerprint density at radius 3 is 2.63 bits per heavy atom. The second-order valence-corrected chi connectivity index (χ2v) is 9.22. The third-order valence-corrected chi connectivity index (χ3v) is 6.00. The molecule has 0 saturated carbocycles. The molecule has 3 aromatic rings. The maximum absolute atomic E-state index is 12.6. The van der Waals surface area contributed by atoms with E-state index in [0.717, 1.165) is 11.1 Å². The zero-order valence-electron chi connectivity index (χ0n) is 17.4. The number of nitrogens with zero attached hydrogens (tertiary/aromatic N) is 1. The van der Waals surface area contributed by atoms with Gasteiger partial charge in [0.25, 0.3) is 0 Å². The van der Waals surface area contributed by atoms with Crippen LogP contribution < -0.4 is 10.1 Å². The van der Waals surface area contributed by atoms with Crippen molar-refractivity contribution in [2.24, 2.45) is 0 Å². The molecule has 0 fully saturated rings. The number of rotatable bonds is 7.